The summed E-state index contributed by atoms with van der Waals surface area (Å²) in [4.78, 5) is 0. The molecule has 3 N–H and O–H groups in total. The monoisotopic (exact) mass is 176 g/mol. The highest BCUT2D eigenvalue weighted by Crippen LogP contribution is 2.25. The van der Waals surface area contributed by atoms with E-state index in [0.717, 1.165) is 0 Å². The Hall–Kier alpha value is -0.160. The molecule has 0 bridgehead atoms. The molecule has 4 nitrogen and oxygen atoms in total. The highest BCUT2D eigenvalue weighted by atomic mass is 16.5. The molecule has 72 valence electrons. The van der Waals surface area contributed by atoms with Crippen LogP contribution in [0.5, 0.6) is 0 Å². The third-order valence-corrected chi connectivity index (χ3v) is 2.58. The molecular weight excluding hydrogens is 160 g/mol. The Labute approximate surface area is 71.8 Å². The Bertz CT molecular complexity index is 145. The smallest absolute Gasteiger partial charge is 0.109 e. The lowest BCUT2D eigenvalue weighted by atomic mass is 9.89. The Morgan fingerprint density at radius 1 is 1.17 bits per heavy atom. The van der Waals surface area contributed by atoms with Crippen molar-refractivity contribution in [1.82, 2.24) is 0 Å². The van der Waals surface area contributed by atoms with Crippen LogP contribution >= 0.6 is 0 Å². The molecule has 0 aliphatic carbocycles. The number of hydrogen-bond donors (Lipinski definition) is 3. The fourth-order valence-corrected chi connectivity index (χ4v) is 1.44. The Balaban J connectivity index is 2.63. The van der Waals surface area contributed by atoms with Gasteiger partial charge in [0.15, 0.2) is 0 Å². The van der Waals surface area contributed by atoms with E-state index in [2.05, 4.69) is 0 Å². The van der Waals surface area contributed by atoms with Gasteiger partial charge in [0, 0.05) is 5.92 Å². The van der Waals surface area contributed by atoms with E-state index in [-0.39, 0.29) is 18.6 Å². The zero-order valence-corrected chi connectivity index (χ0v) is 7.34. The molecular formula is C8H16O4. The summed E-state index contributed by atoms with van der Waals surface area (Å²) < 4.78 is 5.27. The van der Waals surface area contributed by atoms with E-state index in [9.17, 15) is 10.2 Å². The first-order valence-electron chi connectivity index (χ1n) is 4.20. The summed E-state index contributed by atoms with van der Waals surface area (Å²) in [6.45, 7) is 3.38. The molecule has 0 aromatic rings. The van der Waals surface area contributed by atoms with E-state index in [0.29, 0.717) is 0 Å². The zero-order valence-electron chi connectivity index (χ0n) is 7.34. The van der Waals surface area contributed by atoms with E-state index in [1.54, 1.807) is 0 Å². The zero-order chi connectivity index (χ0) is 9.30. The lowest BCUT2D eigenvalue weighted by Crippen LogP contribution is -2.53. The van der Waals surface area contributed by atoms with Gasteiger partial charge in [-0.1, -0.05) is 6.92 Å². The molecule has 5 atom stereocenters. The quantitative estimate of drug-likeness (QED) is 0.485. The van der Waals surface area contributed by atoms with E-state index >= 15 is 0 Å². The second-order valence-electron chi connectivity index (χ2n) is 3.40. The van der Waals surface area contributed by atoms with Crippen molar-refractivity contribution in [2.24, 2.45) is 5.92 Å². The van der Waals surface area contributed by atoms with Crippen LogP contribution in [-0.4, -0.2) is 46.3 Å². The summed E-state index contributed by atoms with van der Waals surface area (Å²) in [6.07, 6.45) is -2.54. The van der Waals surface area contributed by atoms with Crippen molar-refractivity contribution < 1.29 is 20.1 Å². The van der Waals surface area contributed by atoms with Gasteiger partial charge in [-0.25, -0.2) is 0 Å². The Morgan fingerprint density at radius 3 is 2.25 bits per heavy atom. The molecule has 1 fully saturated rings. The van der Waals surface area contributed by atoms with Crippen LogP contribution in [0.25, 0.3) is 0 Å². The molecule has 1 aliphatic rings. The van der Waals surface area contributed by atoms with Crippen LogP contribution in [0.3, 0.4) is 0 Å². The second-order valence-corrected chi connectivity index (χ2v) is 3.40. The highest BCUT2D eigenvalue weighted by molar-refractivity contribution is 4.87. The molecule has 0 aromatic carbocycles. The Kier molecular flexibility index (Phi) is 3.06. The van der Waals surface area contributed by atoms with E-state index in [1.807, 2.05) is 13.8 Å². The third-order valence-electron chi connectivity index (χ3n) is 2.58. The van der Waals surface area contributed by atoms with Crippen LogP contribution in [0.1, 0.15) is 13.8 Å². The predicted octanol–water partition coefficient (Wildman–Crippen LogP) is -0.876. The highest BCUT2D eigenvalue weighted by Gasteiger charge is 2.39. The van der Waals surface area contributed by atoms with Crippen LogP contribution in [0.2, 0.25) is 0 Å². The lowest BCUT2D eigenvalue weighted by molar-refractivity contribution is -0.200. The normalized spacial score (nSPS) is 49.2. The molecule has 0 spiro atoms. The average Bonchev–Trinajstić information content (AvgIpc) is 2.08. The van der Waals surface area contributed by atoms with Crippen LogP contribution in [0.4, 0.5) is 0 Å². The first kappa shape index (κ1) is 9.92. The fourth-order valence-electron chi connectivity index (χ4n) is 1.44. The molecule has 0 radical (unpaired) electrons. The number of aliphatic hydroxyl groups excluding tert-OH is 3. The second kappa shape index (κ2) is 3.70. The summed E-state index contributed by atoms with van der Waals surface area (Å²) in [5.74, 6) is -0.0946. The van der Waals surface area contributed by atoms with Gasteiger partial charge in [-0.2, -0.15) is 0 Å². The molecule has 1 heterocycles. The van der Waals surface area contributed by atoms with E-state index in [4.69, 9.17) is 9.84 Å². The van der Waals surface area contributed by atoms with Crippen molar-refractivity contribution in [3.8, 4) is 0 Å². The maximum Gasteiger partial charge on any atom is 0.109 e. The molecule has 0 amide bonds. The SMILES string of the molecule is CC1O[C@@H](CO)C(O)C(O)C1C. The van der Waals surface area contributed by atoms with E-state index < -0.39 is 18.3 Å². The van der Waals surface area contributed by atoms with Crippen molar-refractivity contribution in [3.63, 3.8) is 0 Å². The van der Waals surface area contributed by atoms with Gasteiger partial charge in [0.05, 0.1) is 18.8 Å². The van der Waals surface area contributed by atoms with Gasteiger partial charge in [-0.3, -0.25) is 0 Å². The molecule has 1 aliphatic heterocycles. The maximum absolute atomic E-state index is 9.48. The van der Waals surface area contributed by atoms with Gasteiger partial charge >= 0.3 is 0 Å². The number of aliphatic hydroxyl groups is 3. The topological polar surface area (TPSA) is 69.9 Å². The van der Waals surface area contributed by atoms with Gasteiger partial charge < -0.3 is 20.1 Å². The van der Waals surface area contributed by atoms with Crippen molar-refractivity contribution in [2.45, 2.75) is 38.3 Å². The van der Waals surface area contributed by atoms with Gasteiger partial charge in [-0.15, -0.1) is 0 Å². The number of hydrogen-bond acceptors (Lipinski definition) is 4. The van der Waals surface area contributed by atoms with Crippen molar-refractivity contribution >= 4 is 0 Å². The summed E-state index contributed by atoms with van der Waals surface area (Å²) in [7, 11) is 0. The van der Waals surface area contributed by atoms with Crippen molar-refractivity contribution in [1.29, 1.82) is 0 Å². The molecule has 12 heavy (non-hydrogen) atoms. The molecule has 4 unspecified atom stereocenters. The molecule has 1 rings (SSSR count). The molecule has 4 heteroatoms. The molecule has 0 aromatic heterocycles. The minimum absolute atomic E-state index is 0.0946. The molecule has 1 saturated heterocycles. The Morgan fingerprint density at radius 2 is 1.75 bits per heavy atom. The summed E-state index contributed by atoms with van der Waals surface area (Å²) in [5, 5.41) is 27.7. The van der Waals surface area contributed by atoms with Gasteiger partial charge in [0.2, 0.25) is 0 Å². The minimum Gasteiger partial charge on any atom is -0.394 e. The van der Waals surface area contributed by atoms with Crippen LogP contribution in [0.15, 0.2) is 0 Å². The van der Waals surface area contributed by atoms with Crippen LogP contribution in [0, 0.1) is 5.92 Å². The van der Waals surface area contributed by atoms with Crippen LogP contribution < -0.4 is 0 Å². The van der Waals surface area contributed by atoms with Gasteiger partial charge in [0.1, 0.15) is 12.2 Å². The predicted molar refractivity (Wildman–Crippen MR) is 42.6 cm³/mol. The number of ether oxygens (including phenoxy) is 1. The minimum atomic E-state index is -0.971. The summed E-state index contributed by atoms with van der Waals surface area (Å²) in [5.41, 5.74) is 0. The van der Waals surface area contributed by atoms with E-state index in [1.165, 1.54) is 0 Å². The van der Waals surface area contributed by atoms with Crippen molar-refractivity contribution in [3.05, 3.63) is 0 Å². The van der Waals surface area contributed by atoms with Gasteiger partial charge in [0.25, 0.3) is 0 Å². The van der Waals surface area contributed by atoms with Gasteiger partial charge in [-0.05, 0) is 6.92 Å². The largest absolute Gasteiger partial charge is 0.394 e. The fraction of sp³-hybridized carbons (Fsp3) is 1.00. The van der Waals surface area contributed by atoms with Crippen molar-refractivity contribution in [2.75, 3.05) is 6.61 Å². The third kappa shape index (κ3) is 1.61. The summed E-state index contributed by atoms with van der Waals surface area (Å²) >= 11 is 0. The summed E-state index contributed by atoms with van der Waals surface area (Å²) in [6, 6.07) is 0. The lowest BCUT2D eigenvalue weighted by Gasteiger charge is -2.39. The first-order valence-corrected chi connectivity index (χ1v) is 4.20. The molecule has 0 saturated carbocycles. The first-order chi connectivity index (χ1) is 5.57. The maximum atomic E-state index is 9.48. The standard InChI is InChI=1S/C8H16O4/c1-4-5(2)12-6(3-9)8(11)7(4)10/h4-11H,3H2,1-2H3/t4?,5?,6-,7?,8?/m0/s1. The van der Waals surface area contributed by atoms with Crippen LogP contribution in [-0.2, 0) is 4.74 Å². The number of rotatable bonds is 1. The average molecular weight is 176 g/mol.